The van der Waals surface area contributed by atoms with Crippen molar-refractivity contribution in [3.8, 4) is 0 Å². The molecule has 2 aromatic heterocycles. The minimum absolute atomic E-state index is 0.129. The first-order chi connectivity index (χ1) is 15.2. The fraction of sp³-hybridized carbons (Fsp3) is 0.292. The van der Waals surface area contributed by atoms with Crippen molar-refractivity contribution in [3.05, 3.63) is 81.0 Å². The number of Topliss-reactive ketones (excluding diaryl/α,β-unsaturated/α-hetero) is 1. The predicted octanol–water partition coefficient (Wildman–Crippen LogP) is 4.70. The van der Waals surface area contributed by atoms with Gasteiger partial charge in [-0.15, -0.1) is 0 Å². The molecule has 0 aliphatic carbocycles. The minimum Gasteiger partial charge on any atom is -0.467 e. The number of amides is 1. The zero-order chi connectivity index (χ0) is 23.6. The second kappa shape index (κ2) is 9.56. The number of halogens is 1. The van der Waals surface area contributed by atoms with Gasteiger partial charge >= 0.3 is 5.97 Å². The quantitative estimate of drug-likeness (QED) is 0.347. The van der Waals surface area contributed by atoms with E-state index < -0.39 is 12.0 Å². The van der Waals surface area contributed by atoms with Gasteiger partial charge in [-0.05, 0) is 62.7 Å². The fourth-order valence-corrected chi connectivity index (χ4v) is 4.05. The minimum atomic E-state index is -0.804. The molecule has 0 N–H and O–H groups in total. The van der Waals surface area contributed by atoms with Gasteiger partial charge in [-0.3, -0.25) is 9.59 Å². The molecule has 1 atom stereocenters. The molecule has 168 valence electrons. The number of aromatic nitrogens is 1. The molecule has 0 saturated heterocycles. The van der Waals surface area contributed by atoms with E-state index in [1.54, 1.807) is 68.8 Å². The van der Waals surface area contributed by atoms with Crippen LogP contribution in [-0.4, -0.2) is 40.3 Å². The van der Waals surface area contributed by atoms with Gasteiger partial charge in [0.1, 0.15) is 11.5 Å². The van der Waals surface area contributed by atoms with Gasteiger partial charge in [-0.2, -0.15) is 0 Å². The lowest BCUT2D eigenvalue weighted by Crippen LogP contribution is -2.43. The van der Waals surface area contributed by atoms with Crippen molar-refractivity contribution >= 4 is 33.6 Å². The Bertz CT molecular complexity index is 1150. The summed E-state index contributed by atoms with van der Waals surface area (Å²) in [5.74, 6) is -0.512. The van der Waals surface area contributed by atoms with E-state index in [2.05, 4.69) is 15.9 Å². The Morgan fingerprint density at radius 1 is 1.16 bits per heavy atom. The molecule has 0 fully saturated rings. The molecule has 8 heteroatoms. The van der Waals surface area contributed by atoms with Crippen molar-refractivity contribution in [2.75, 3.05) is 7.11 Å². The molecule has 0 bridgehead atoms. The van der Waals surface area contributed by atoms with Crippen molar-refractivity contribution in [2.24, 2.45) is 7.05 Å². The van der Waals surface area contributed by atoms with Gasteiger partial charge in [0.05, 0.1) is 26.0 Å². The summed E-state index contributed by atoms with van der Waals surface area (Å²) in [4.78, 5) is 40.7. The maximum Gasteiger partial charge on any atom is 0.354 e. The maximum atomic E-state index is 13.6. The highest BCUT2D eigenvalue weighted by Crippen LogP contribution is 2.26. The van der Waals surface area contributed by atoms with Gasteiger partial charge in [0.25, 0.3) is 5.91 Å². The van der Waals surface area contributed by atoms with Crippen molar-refractivity contribution in [1.29, 1.82) is 0 Å². The van der Waals surface area contributed by atoms with Crippen LogP contribution in [0.5, 0.6) is 0 Å². The zero-order valence-electron chi connectivity index (χ0n) is 18.6. The molecular weight excluding hydrogens is 476 g/mol. The van der Waals surface area contributed by atoms with Crippen LogP contribution in [0.15, 0.2) is 51.6 Å². The molecule has 3 aromatic rings. The summed E-state index contributed by atoms with van der Waals surface area (Å²) in [7, 11) is 3.01. The van der Waals surface area contributed by atoms with Gasteiger partial charge < -0.3 is 18.6 Å². The average Bonchev–Trinajstić information content (AvgIpc) is 3.37. The van der Waals surface area contributed by atoms with E-state index in [1.807, 2.05) is 0 Å². The van der Waals surface area contributed by atoms with Crippen LogP contribution in [-0.2, 0) is 18.3 Å². The summed E-state index contributed by atoms with van der Waals surface area (Å²) >= 11 is 3.37. The highest BCUT2D eigenvalue weighted by Gasteiger charge is 2.33. The third-order valence-electron chi connectivity index (χ3n) is 5.66. The zero-order valence-corrected chi connectivity index (χ0v) is 20.2. The number of furan rings is 1. The van der Waals surface area contributed by atoms with Gasteiger partial charge in [0.2, 0.25) is 0 Å². The molecule has 0 aliphatic heterocycles. The molecule has 0 radical (unpaired) electrons. The highest BCUT2D eigenvalue weighted by atomic mass is 79.9. The number of benzene rings is 1. The lowest BCUT2D eigenvalue weighted by molar-refractivity contribution is 0.0586. The van der Waals surface area contributed by atoms with Crippen LogP contribution in [0, 0.1) is 13.8 Å². The number of rotatable bonds is 7. The number of methoxy groups -OCH3 is 1. The second-order valence-corrected chi connectivity index (χ2v) is 8.46. The van der Waals surface area contributed by atoms with Crippen LogP contribution < -0.4 is 0 Å². The Hall–Kier alpha value is -3.13. The van der Waals surface area contributed by atoms with E-state index in [1.165, 1.54) is 18.3 Å². The topological polar surface area (TPSA) is 81.8 Å². The van der Waals surface area contributed by atoms with Crippen LogP contribution in [0.4, 0.5) is 0 Å². The number of ether oxygens (including phenoxy) is 1. The number of nitrogens with zero attached hydrogens (tertiary/aromatic N) is 2. The average molecular weight is 501 g/mol. The maximum absolute atomic E-state index is 13.6. The van der Waals surface area contributed by atoms with E-state index in [-0.39, 0.29) is 18.2 Å². The van der Waals surface area contributed by atoms with Crippen molar-refractivity contribution in [1.82, 2.24) is 9.47 Å². The second-order valence-electron chi connectivity index (χ2n) is 7.54. The van der Waals surface area contributed by atoms with Crippen LogP contribution in [0.1, 0.15) is 55.1 Å². The van der Waals surface area contributed by atoms with E-state index in [4.69, 9.17) is 9.15 Å². The van der Waals surface area contributed by atoms with E-state index in [9.17, 15) is 14.4 Å². The summed E-state index contributed by atoms with van der Waals surface area (Å²) in [5.41, 5.74) is 2.35. The van der Waals surface area contributed by atoms with E-state index >= 15 is 0 Å². The summed E-state index contributed by atoms with van der Waals surface area (Å²) in [5, 5.41) is 0. The molecule has 3 rings (SSSR count). The van der Waals surface area contributed by atoms with Gasteiger partial charge in [0.15, 0.2) is 5.78 Å². The van der Waals surface area contributed by atoms with E-state index in [0.717, 1.165) is 4.47 Å². The Labute approximate surface area is 195 Å². The smallest absolute Gasteiger partial charge is 0.354 e. The number of carbonyl (C=O) groups excluding carboxylic acids is 3. The van der Waals surface area contributed by atoms with Crippen molar-refractivity contribution < 1.29 is 23.5 Å². The lowest BCUT2D eigenvalue weighted by atomic mass is 9.99. The van der Waals surface area contributed by atoms with Crippen LogP contribution in [0.3, 0.4) is 0 Å². The molecule has 1 amide bonds. The summed E-state index contributed by atoms with van der Waals surface area (Å²) in [6.07, 6.45) is 1.53. The monoisotopic (exact) mass is 500 g/mol. The standard InChI is InChI=1S/C24H25BrN2O5/c1-14-20(15(2)26(4)21(14)24(30)31-5)22(28)16(3)27(13-19-7-6-12-32-19)23(29)17-8-10-18(25)11-9-17/h6-12,16H,13H2,1-5H3. The van der Waals surface area contributed by atoms with Crippen molar-refractivity contribution in [2.45, 2.75) is 33.4 Å². The summed E-state index contributed by atoms with van der Waals surface area (Å²) in [6, 6.07) is 9.64. The number of ketones is 1. The number of hydrogen-bond acceptors (Lipinski definition) is 5. The fourth-order valence-electron chi connectivity index (χ4n) is 3.79. The molecule has 1 aromatic carbocycles. The molecule has 32 heavy (non-hydrogen) atoms. The number of esters is 1. The van der Waals surface area contributed by atoms with Crippen LogP contribution >= 0.6 is 15.9 Å². The first-order valence-corrected chi connectivity index (χ1v) is 10.8. The SMILES string of the molecule is COC(=O)c1c(C)c(C(=O)C(C)N(Cc2ccco2)C(=O)c2ccc(Br)cc2)c(C)n1C. The molecule has 0 saturated carbocycles. The van der Waals surface area contributed by atoms with E-state index in [0.29, 0.717) is 33.8 Å². The lowest BCUT2D eigenvalue weighted by Gasteiger charge is -2.28. The summed E-state index contributed by atoms with van der Waals surface area (Å²) < 4.78 is 12.8. The molecule has 1 unspecified atom stereocenters. The molecular formula is C24H25BrN2O5. The normalized spacial score (nSPS) is 11.8. The molecule has 0 aliphatic rings. The van der Waals surface area contributed by atoms with Gasteiger partial charge in [-0.1, -0.05) is 15.9 Å². The number of carbonyl (C=O) groups is 3. The Morgan fingerprint density at radius 2 is 1.81 bits per heavy atom. The first kappa shape index (κ1) is 23.5. The number of hydrogen-bond donors (Lipinski definition) is 0. The van der Waals surface area contributed by atoms with Gasteiger partial charge in [0, 0.05) is 28.3 Å². The Kier molecular flexibility index (Phi) is 7.03. The van der Waals surface area contributed by atoms with Crippen LogP contribution in [0.2, 0.25) is 0 Å². The molecule has 7 nitrogen and oxygen atoms in total. The predicted molar refractivity (Wildman–Crippen MR) is 123 cm³/mol. The molecule has 0 spiro atoms. The third-order valence-corrected chi connectivity index (χ3v) is 6.19. The Balaban J connectivity index is 2.02. The largest absolute Gasteiger partial charge is 0.467 e. The van der Waals surface area contributed by atoms with Crippen molar-refractivity contribution in [3.63, 3.8) is 0 Å². The molecule has 2 heterocycles. The third kappa shape index (κ3) is 4.41. The first-order valence-electron chi connectivity index (χ1n) is 10.0. The van der Waals surface area contributed by atoms with Crippen LogP contribution in [0.25, 0.3) is 0 Å². The Morgan fingerprint density at radius 3 is 2.38 bits per heavy atom. The highest BCUT2D eigenvalue weighted by molar-refractivity contribution is 9.10. The van der Waals surface area contributed by atoms with Gasteiger partial charge in [-0.25, -0.2) is 4.79 Å². The summed E-state index contributed by atoms with van der Waals surface area (Å²) in [6.45, 7) is 5.30.